The van der Waals surface area contributed by atoms with Gasteiger partial charge < -0.3 is 13.7 Å². The monoisotopic (exact) mass is 521 g/mol. The highest BCUT2D eigenvalue weighted by Crippen LogP contribution is 2.30. The molecule has 5 aromatic rings. The van der Waals surface area contributed by atoms with Crippen LogP contribution in [0.5, 0.6) is 0 Å². The summed E-state index contributed by atoms with van der Waals surface area (Å²) in [5.74, 6) is 0.247. The zero-order chi connectivity index (χ0) is 26.9. The van der Waals surface area contributed by atoms with Gasteiger partial charge in [0.2, 0.25) is 0 Å². The van der Waals surface area contributed by atoms with Gasteiger partial charge in [0.15, 0.2) is 5.76 Å². The summed E-state index contributed by atoms with van der Waals surface area (Å²) in [6.45, 7) is 5.19. The minimum atomic E-state index is -0.385. The number of pyridine rings is 1. The van der Waals surface area contributed by atoms with Crippen LogP contribution in [0.2, 0.25) is 0 Å². The number of nitro benzene ring substituents is 1. The summed E-state index contributed by atoms with van der Waals surface area (Å²) in [6, 6.07) is 22.4. The number of amides is 1. The molecule has 9 nitrogen and oxygen atoms in total. The third kappa shape index (κ3) is 4.92. The fraction of sp³-hybridized carbons (Fsp3) is 0.200. The van der Waals surface area contributed by atoms with E-state index in [0.717, 1.165) is 22.5 Å². The fourth-order valence-corrected chi connectivity index (χ4v) is 5.11. The van der Waals surface area contributed by atoms with Gasteiger partial charge in [0.25, 0.3) is 11.6 Å². The summed E-state index contributed by atoms with van der Waals surface area (Å²) in [4.78, 5) is 32.8. The molecule has 4 heterocycles. The standard InChI is InChI=1S/C30H27N5O4/c1-21-5-2-6-22(17-21)24-10-11-28-31-29(23-7-3-8-25(18-23)35(37)38)26(34(28)19-24)20-32-12-14-33(15-13-32)30(36)27-9-4-16-39-27/h2-11,16-19H,12-15,20H2,1H3. The lowest BCUT2D eigenvalue weighted by Gasteiger charge is -2.34. The molecule has 0 N–H and O–H groups in total. The maximum atomic E-state index is 12.7. The van der Waals surface area contributed by atoms with Crippen molar-refractivity contribution in [3.63, 3.8) is 0 Å². The number of piperazine rings is 1. The smallest absolute Gasteiger partial charge is 0.289 e. The van der Waals surface area contributed by atoms with Crippen molar-refractivity contribution in [2.45, 2.75) is 13.5 Å². The highest BCUT2D eigenvalue weighted by molar-refractivity contribution is 5.91. The van der Waals surface area contributed by atoms with Crippen molar-refractivity contribution in [1.82, 2.24) is 19.2 Å². The average molecular weight is 522 g/mol. The Labute approximate surface area is 225 Å². The number of furan rings is 1. The largest absolute Gasteiger partial charge is 0.459 e. The van der Waals surface area contributed by atoms with Crippen molar-refractivity contribution < 1.29 is 14.1 Å². The van der Waals surface area contributed by atoms with Crippen molar-refractivity contribution in [3.05, 3.63) is 112 Å². The van der Waals surface area contributed by atoms with Crippen LogP contribution in [0.1, 0.15) is 21.8 Å². The summed E-state index contributed by atoms with van der Waals surface area (Å²) < 4.78 is 7.38. The number of carbonyl (C=O) groups is 1. The first-order valence-electron chi connectivity index (χ1n) is 12.8. The van der Waals surface area contributed by atoms with E-state index in [1.807, 2.05) is 18.2 Å². The Bertz CT molecular complexity index is 1670. The number of non-ortho nitro benzene ring substituents is 1. The molecular formula is C30H27N5O4. The van der Waals surface area contributed by atoms with Crippen molar-refractivity contribution in [1.29, 1.82) is 0 Å². The summed E-state index contributed by atoms with van der Waals surface area (Å²) >= 11 is 0. The van der Waals surface area contributed by atoms with Gasteiger partial charge in [-0.25, -0.2) is 4.98 Å². The molecule has 196 valence electrons. The summed E-state index contributed by atoms with van der Waals surface area (Å²) in [5.41, 5.74) is 6.52. The molecule has 1 saturated heterocycles. The van der Waals surface area contributed by atoms with Gasteiger partial charge >= 0.3 is 0 Å². The van der Waals surface area contributed by atoms with Crippen molar-refractivity contribution >= 4 is 17.2 Å². The zero-order valence-electron chi connectivity index (χ0n) is 21.5. The highest BCUT2D eigenvalue weighted by atomic mass is 16.6. The molecule has 2 aromatic carbocycles. The first kappa shape index (κ1) is 24.6. The molecule has 0 atom stereocenters. The van der Waals surface area contributed by atoms with E-state index in [2.05, 4.69) is 46.7 Å². The second kappa shape index (κ2) is 10.2. The van der Waals surface area contributed by atoms with Crippen molar-refractivity contribution in [2.24, 2.45) is 0 Å². The van der Waals surface area contributed by atoms with Crippen LogP contribution in [0.4, 0.5) is 5.69 Å². The molecule has 1 aliphatic heterocycles. The van der Waals surface area contributed by atoms with E-state index < -0.39 is 0 Å². The lowest BCUT2D eigenvalue weighted by atomic mass is 10.1. The van der Waals surface area contributed by atoms with Crippen molar-refractivity contribution in [2.75, 3.05) is 26.2 Å². The van der Waals surface area contributed by atoms with E-state index in [-0.39, 0.29) is 16.5 Å². The molecule has 3 aromatic heterocycles. The fourth-order valence-electron chi connectivity index (χ4n) is 5.11. The van der Waals surface area contributed by atoms with Gasteiger partial charge in [-0.05, 0) is 42.3 Å². The third-order valence-electron chi connectivity index (χ3n) is 7.16. The Morgan fingerprint density at radius 3 is 2.49 bits per heavy atom. The molecule has 1 amide bonds. The van der Waals surface area contributed by atoms with Crippen LogP contribution in [0, 0.1) is 17.0 Å². The van der Waals surface area contributed by atoms with Crippen LogP contribution < -0.4 is 0 Å². The highest BCUT2D eigenvalue weighted by Gasteiger charge is 2.26. The Hall–Kier alpha value is -4.76. The number of carbonyl (C=O) groups excluding carboxylic acids is 1. The Morgan fingerprint density at radius 1 is 0.949 bits per heavy atom. The number of rotatable bonds is 6. The van der Waals surface area contributed by atoms with E-state index in [1.54, 1.807) is 29.2 Å². The molecule has 1 aliphatic rings. The van der Waals surface area contributed by atoms with Gasteiger partial charge in [-0.2, -0.15) is 0 Å². The molecule has 0 bridgehead atoms. The number of fused-ring (bicyclic) bond motifs is 1. The molecule has 9 heteroatoms. The Kier molecular flexibility index (Phi) is 6.42. The molecule has 39 heavy (non-hydrogen) atoms. The third-order valence-corrected chi connectivity index (χ3v) is 7.16. The quantitative estimate of drug-likeness (QED) is 0.218. The van der Waals surface area contributed by atoms with Gasteiger partial charge in [0.1, 0.15) is 5.65 Å². The first-order valence-corrected chi connectivity index (χ1v) is 12.8. The van der Waals surface area contributed by atoms with E-state index in [9.17, 15) is 14.9 Å². The van der Waals surface area contributed by atoms with Crippen molar-refractivity contribution in [3.8, 4) is 22.4 Å². The normalized spacial score (nSPS) is 14.1. The van der Waals surface area contributed by atoms with E-state index in [1.165, 1.54) is 17.9 Å². The van der Waals surface area contributed by atoms with Gasteiger partial charge in [-0.1, -0.05) is 42.0 Å². The number of benzene rings is 2. The molecule has 0 saturated carbocycles. The summed E-state index contributed by atoms with van der Waals surface area (Å²) in [5, 5.41) is 11.5. The molecule has 6 rings (SSSR count). The number of aromatic nitrogens is 2. The number of nitro groups is 1. The van der Waals surface area contributed by atoms with Crippen LogP contribution >= 0.6 is 0 Å². The second-order valence-corrected chi connectivity index (χ2v) is 9.78. The van der Waals surface area contributed by atoms with Crippen LogP contribution in [-0.4, -0.2) is 56.2 Å². The molecule has 0 unspecified atom stereocenters. The van der Waals surface area contributed by atoms with Crippen LogP contribution in [0.15, 0.2) is 89.7 Å². The number of hydrogen-bond donors (Lipinski definition) is 0. The SMILES string of the molecule is Cc1cccc(-c2ccc3nc(-c4cccc([N+](=O)[O-])c4)c(CN4CCN(C(=O)c5ccco5)CC4)n3c2)c1. The van der Waals surface area contributed by atoms with Gasteiger partial charge in [0.05, 0.1) is 22.6 Å². The van der Waals surface area contributed by atoms with E-state index >= 15 is 0 Å². The Morgan fingerprint density at radius 2 is 1.74 bits per heavy atom. The molecule has 0 spiro atoms. The van der Waals surface area contributed by atoms with Crippen LogP contribution in [0.25, 0.3) is 28.0 Å². The predicted octanol–water partition coefficient (Wildman–Crippen LogP) is 5.44. The van der Waals surface area contributed by atoms with E-state index in [4.69, 9.17) is 9.40 Å². The number of imidazole rings is 1. The molecule has 0 radical (unpaired) electrons. The summed E-state index contributed by atoms with van der Waals surface area (Å²) in [7, 11) is 0. The van der Waals surface area contributed by atoms with Crippen LogP contribution in [0.3, 0.4) is 0 Å². The number of nitrogens with zero attached hydrogens (tertiary/aromatic N) is 5. The number of hydrogen-bond acceptors (Lipinski definition) is 6. The van der Waals surface area contributed by atoms with Gasteiger partial charge in [-0.3, -0.25) is 19.8 Å². The molecular weight excluding hydrogens is 494 g/mol. The minimum Gasteiger partial charge on any atom is -0.459 e. The number of aryl methyl sites for hydroxylation is 1. The van der Waals surface area contributed by atoms with Crippen LogP contribution in [-0.2, 0) is 6.54 Å². The second-order valence-electron chi connectivity index (χ2n) is 9.78. The molecule has 0 aliphatic carbocycles. The Balaban J connectivity index is 1.35. The maximum Gasteiger partial charge on any atom is 0.289 e. The average Bonchev–Trinajstić information content (AvgIpc) is 3.62. The summed E-state index contributed by atoms with van der Waals surface area (Å²) in [6.07, 6.45) is 3.60. The molecule has 1 fully saturated rings. The topological polar surface area (TPSA) is 97.1 Å². The lowest BCUT2D eigenvalue weighted by Crippen LogP contribution is -2.48. The minimum absolute atomic E-state index is 0.0287. The lowest BCUT2D eigenvalue weighted by molar-refractivity contribution is -0.384. The van der Waals surface area contributed by atoms with Gasteiger partial charge in [-0.15, -0.1) is 0 Å². The predicted molar refractivity (Wildman–Crippen MR) is 147 cm³/mol. The first-order chi connectivity index (χ1) is 19.0. The maximum absolute atomic E-state index is 12.7. The van der Waals surface area contributed by atoms with Gasteiger partial charge in [0, 0.05) is 56.6 Å². The van der Waals surface area contributed by atoms with E-state index in [0.29, 0.717) is 49.7 Å². The zero-order valence-corrected chi connectivity index (χ0v) is 21.5.